The number of ketones is 1. The minimum atomic E-state index is -0.856. The number of carboxylic acid groups (broad SMARTS) is 1. The minimum absolute atomic E-state index is 0.00634. The molecule has 0 bridgehead atoms. The summed E-state index contributed by atoms with van der Waals surface area (Å²) in [7, 11) is 0. The van der Waals surface area contributed by atoms with Crippen LogP contribution in [0, 0.1) is 0 Å². The van der Waals surface area contributed by atoms with Crippen LogP contribution in [-0.4, -0.2) is 30.1 Å². The van der Waals surface area contributed by atoms with Gasteiger partial charge in [0.1, 0.15) is 0 Å². The largest absolute Gasteiger partial charge is 0.481 e. The summed E-state index contributed by atoms with van der Waals surface area (Å²) >= 11 is 0. The van der Waals surface area contributed by atoms with Gasteiger partial charge in [-0.3, -0.25) is 9.59 Å². The van der Waals surface area contributed by atoms with Crippen molar-refractivity contribution in [3.63, 3.8) is 0 Å². The lowest BCUT2D eigenvalue weighted by Gasteiger charge is -1.98. The van der Waals surface area contributed by atoms with E-state index >= 15 is 0 Å². The molecule has 104 valence electrons. The molecule has 1 aliphatic heterocycles. The summed E-state index contributed by atoms with van der Waals surface area (Å²) in [6.07, 6.45) is 3.32. The van der Waals surface area contributed by atoms with Crippen LogP contribution in [0.15, 0.2) is 30.3 Å². The first-order valence-corrected chi connectivity index (χ1v) is 6.58. The molecule has 1 aromatic rings. The van der Waals surface area contributed by atoms with E-state index in [1.165, 1.54) is 12.8 Å². The minimum Gasteiger partial charge on any atom is -0.481 e. The average molecular weight is 264 g/mol. The topological polar surface area (TPSA) is 63.6 Å². The number of rotatable bonds is 5. The zero-order valence-electron chi connectivity index (χ0n) is 11.0. The SMILES string of the molecule is C1CCOC1.O=C(O)CCCC(=O)c1ccccc1. The molecular weight excluding hydrogens is 244 g/mol. The Balaban J connectivity index is 0.000000300. The van der Waals surface area contributed by atoms with Crippen LogP contribution in [0.25, 0.3) is 0 Å². The van der Waals surface area contributed by atoms with Crippen LogP contribution in [0.5, 0.6) is 0 Å². The summed E-state index contributed by atoms with van der Waals surface area (Å²) in [6.45, 7) is 2.00. The molecule has 0 spiro atoms. The smallest absolute Gasteiger partial charge is 0.303 e. The third-order valence-corrected chi connectivity index (χ3v) is 2.72. The summed E-state index contributed by atoms with van der Waals surface area (Å²) in [6, 6.07) is 8.91. The molecular formula is C15H20O4. The Morgan fingerprint density at radius 2 is 1.68 bits per heavy atom. The Kier molecular flexibility index (Phi) is 7.51. The van der Waals surface area contributed by atoms with Gasteiger partial charge in [0, 0.05) is 31.6 Å². The maximum Gasteiger partial charge on any atom is 0.303 e. The first-order valence-electron chi connectivity index (χ1n) is 6.58. The van der Waals surface area contributed by atoms with Gasteiger partial charge in [0.15, 0.2) is 5.78 Å². The molecule has 0 atom stereocenters. The molecule has 2 rings (SSSR count). The second kappa shape index (κ2) is 9.28. The highest BCUT2D eigenvalue weighted by Crippen LogP contribution is 2.06. The number of Topliss-reactive ketones (excluding diaryl/α,β-unsaturated/α-hetero) is 1. The third-order valence-electron chi connectivity index (χ3n) is 2.72. The van der Waals surface area contributed by atoms with Crippen LogP contribution in [0.3, 0.4) is 0 Å². The molecule has 1 saturated heterocycles. The van der Waals surface area contributed by atoms with Gasteiger partial charge in [0.2, 0.25) is 0 Å². The predicted molar refractivity (Wildman–Crippen MR) is 72.3 cm³/mol. The average Bonchev–Trinajstić information content (AvgIpc) is 2.98. The van der Waals surface area contributed by atoms with Crippen molar-refractivity contribution in [1.82, 2.24) is 0 Å². The van der Waals surface area contributed by atoms with Crippen molar-refractivity contribution in [2.45, 2.75) is 32.1 Å². The number of benzene rings is 1. The van der Waals surface area contributed by atoms with Gasteiger partial charge in [-0.2, -0.15) is 0 Å². The van der Waals surface area contributed by atoms with Gasteiger partial charge in [0.25, 0.3) is 0 Å². The van der Waals surface area contributed by atoms with E-state index in [2.05, 4.69) is 0 Å². The van der Waals surface area contributed by atoms with E-state index in [-0.39, 0.29) is 12.2 Å². The molecule has 1 heterocycles. The van der Waals surface area contributed by atoms with E-state index in [1.807, 2.05) is 6.07 Å². The number of hydrogen-bond donors (Lipinski definition) is 1. The summed E-state index contributed by atoms with van der Waals surface area (Å²) in [5.74, 6) is -0.849. The molecule has 0 aliphatic carbocycles. The first kappa shape index (κ1) is 15.4. The number of carbonyl (C=O) groups excluding carboxylic acids is 1. The van der Waals surface area contributed by atoms with Gasteiger partial charge in [-0.05, 0) is 19.3 Å². The molecule has 4 nitrogen and oxygen atoms in total. The quantitative estimate of drug-likeness (QED) is 0.830. The van der Waals surface area contributed by atoms with Crippen molar-refractivity contribution in [1.29, 1.82) is 0 Å². The Morgan fingerprint density at radius 1 is 1.05 bits per heavy atom. The number of hydrogen-bond acceptors (Lipinski definition) is 3. The Labute approximate surface area is 113 Å². The summed E-state index contributed by atoms with van der Waals surface area (Å²) in [5.41, 5.74) is 0.651. The van der Waals surface area contributed by atoms with Crippen molar-refractivity contribution in [3.05, 3.63) is 35.9 Å². The van der Waals surface area contributed by atoms with E-state index < -0.39 is 5.97 Å². The van der Waals surface area contributed by atoms with E-state index in [0.29, 0.717) is 18.4 Å². The van der Waals surface area contributed by atoms with Crippen molar-refractivity contribution in [2.24, 2.45) is 0 Å². The lowest BCUT2D eigenvalue weighted by molar-refractivity contribution is -0.137. The predicted octanol–water partition coefficient (Wildman–Crippen LogP) is 2.92. The van der Waals surface area contributed by atoms with Gasteiger partial charge in [-0.15, -0.1) is 0 Å². The van der Waals surface area contributed by atoms with Crippen molar-refractivity contribution < 1.29 is 19.4 Å². The molecule has 4 heteroatoms. The van der Waals surface area contributed by atoms with Gasteiger partial charge < -0.3 is 9.84 Å². The lowest BCUT2D eigenvalue weighted by atomic mass is 10.1. The second-order valence-corrected chi connectivity index (χ2v) is 4.36. The normalized spacial score (nSPS) is 13.5. The van der Waals surface area contributed by atoms with Crippen LogP contribution >= 0.6 is 0 Å². The molecule has 0 radical (unpaired) electrons. The van der Waals surface area contributed by atoms with Gasteiger partial charge in [-0.1, -0.05) is 30.3 Å². The van der Waals surface area contributed by atoms with Crippen molar-refractivity contribution in [3.8, 4) is 0 Å². The molecule has 1 aliphatic rings. The molecule has 0 saturated carbocycles. The maximum absolute atomic E-state index is 11.4. The molecule has 0 aromatic heterocycles. The second-order valence-electron chi connectivity index (χ2n) is 4.36. The highest BCUT2D eigenvalue weighted by atomic mass is 16.5. The molecule has 1 aromatic carbocycles. The zero-order valence-corrected chi connectivity index (χ0v) is 11.0. The van der Waals surface area contributed by atoms with Crippen LogP contribution in [0.4, 0.5) is 0 Å². The van der Waals surface area contributed by atoms with E-state index in [4.69, 9.17) is 9.84 Å². The van der Waals surface area contributed by atoms with Gasteiger partial charge >= 0.3 is 5.97 Å². The van der Waals surface area contributed by atoms with Gasteiger partial charge in [0.05, 0.1) is 0 Å². The molecule has 19 heavy (non-hydrogen) atoms. The number of aliphatic carboxylic acids is 1. The molecule has 1 N–H and O–H groups in total. The maximum atomic E-state index is 11.4. The number of ether oxygens (including phenoxy) is 1. The first-order chi connectivity index (χ1) is 9.20. The summed E-state index contributed by atoms with van der Waals surface area (Å²) < 4.78 is 4.94. The zero-order chi connectivity index (χ0) is 13.9. The summed E-state index contributed by atoms with van der Waals surface area (Å²) in [5, 5.41) is 8.39. The highest BCUT2D eigenvalue weighted by Gasteiger charge is 2.05. The number of carbonyl (C=O) groups is 2. The van der Waals surface area contributed by atoms with E-state index in [1.54, 1.807) is 24.3 Å². The molecule has 0 amide bonds. The number of carboxylic acids is 1. The van der Waals surface area contributed by atoms with Crippen LogP contribution < -0.4 is 0 Å². The lowest BCUT2D eigenvalue weighted by Crippen LogP contribution is -2.01. The van der Waals surface area contributed by atoms with Crippen LogP contribution in [0.1, 0.15) is 42.5 Å². The fraction of sp³-hybridized carbons (Fsp3) is 0.467. The van der Waals surface area contributed by atoms with Crippen molar-refractivity contribution >= 4 is 11.8 Å². The Bertz CT molecular complexity index is 375. The molecule has 0 unspecified atom stereocenters. The van der Waals surface area contributed by atoms with E-state index in [9.17, 15) is 9.59 Å². The summed E-state index contributed by atoms with van der Waals surface area (Å²) in [4.78, 5) is 21.6. The molecule has 1 fully saturated rings. The standard InChI is InChI=1S/C11H12O3.C4H8O/c12-10(7-4-8-11(13)14)9-5-2-1-3-6-9;1-2-4-5-3-1/h1-3,5-6H,4,7-8H2,(H,13,14);1-4H2. The van der Waals surface area contributed by atoms with E-state index in [0.717, 1.165) is 13.2 Å². The highest BCUT2D eigenvalue weighted by molar-refractivity contribution is 5.96. The Morgan fingerprint density at radius 3 is 2.16 bits per heavy atom. The van der Waals surface area contributed by atoms with Crippen LogP contribution in [-0.2, 0) is 9.53 Å². The van der Waals surface area contributed by atoms with Crippen molar-refractivity contribution in [2.75, 3.05) is 13.2 Å². The third kappa shape index (κ3) is 7.36. The Hall–Kier alpha value is -1.68. The fourth-order valence-corrected chi connectivity index (χ4v) is 1.68. The van der Waals surface area contributed by atoms with Crippen LogP contribution in [0.2, 0.25) is 0 Å². The van der Waals surface area contributed by atoms with Gasteiger partial charge in [-0.25, -0.2) is 0 Å². The fourth-order valence-electron chi connectivity index (χ4n) is 1.68. The monoisotopic (exact) mass is 264 g/mol.